The summed E-state index contributed by atoms with van der Waals surface area (Å²) in [6, 6.07) is 8.59. The number of amides is 1. The summed E-state index contributed by atoms with van der Waals surface area (Å²) in [5.41, 5.74) is 0.964. The molecule has 0 saturated carbocycles. The molecule has 0 bridgehead atoms. The Kier molecular flexibility index (Phi) is 6.18. The van der Waals surface area contributed by atoms with Gasteiger partial charge in [0.25, 0.3) is 0 Å². The Morgan fingerprint density at radius 3 is 2.30 bits per heavy atom. The van der Waals surface area contributed by atoms with E-state index in [1.54, 1.807) is 20.8 Å². The molecule has 5 heteroatoms. The van der Waals surface area contributed by atoms with E-state index in [2.05, 4.69) is 5.32 Å². The predicted octanol–water partition coefficient (Wildman–Crippen LogP) is 1.82. The highest BCUT2D eigenvalue weighted by Crippen LogP contribution is 2.06. The molecule has 5 nitrogen and oxygen atoms in total. The van der Waals surface area contributed by atoms with E-state index in [0.717, 1.165) is 5.56 Å². The third-order valence-corrected chi connectivity index (χ3v) is 2.94. The zero-order valence-electron chi connectivity index (χ0n) is 12.0. The van der Waals surface area contributed by atoms with Gasteiger partial charge in [0.15, 0.2) is 0 Å². The summed E-state index contributed by atoms with van der Waals surface area (Å²) in [6.07, 6.45) is -0.698. The summed E-state index contributed by atoms with van der Waals surface area (Å²) in [6.45, 7) is 5.41. The van der Waals surface area contributed by atoms with E-state index < -0.39 is 24.0 Å². The number of hydrogen-bond donors (Lipinski definition) is 2. The number of carbonyl (C=O) groups is 2. The first kappa shape index (κ1) is 16.2. The molecule has 2 atom stereocenters. The van der Waals surface area contributed by atoms with Crippen LogP contribution in [0.25, 0.3) is 0 Å². The monoisotopic (exact) mass is 279 g/mol. The van der Waals surface area contributed by atoms with Crippen LogP contribution in [0.5, 0.6) is 0 Å². The summed E-state index contributed by atoms with van der Waals surface area (Å²) in [7, 11) is 0. The Labute approximate surface area is 118 Å². The molecule has 0 saturated heterocycles. The van der Waals surface area contributed by atoms with Crippen LogP contribution in [0.3, 0.4) is 0 Å². The average Bonchev–Trinajstić information content (AvgIpc) is 2.42. The van der Waals surface area contributed by atoms with Gasteiger partial charge in [-0.1, -0.05) is 44.2 Å². The molecule has 0 heterocycles. The van der Waals surface area contributed by atoms with E-state index in [9.17, 15) is 9.59 Å². The molecule has 1 aromatic carbocycles. The molecule has 0 aliphatic rings. The summed E-state index contributed by atoms with van der Waals surface area (Å²) in [5.74, 6) is -1.64. The van der Waals surface area contributed by atoms with Gasteiger partial charge in [0.05, 0.1) is 6.61 Å². The topological polar surface area (TPSA) is 75.6 Å². The zero-order chi connectivity index (χ0) is 15.1. The number of carboxylic acid groups (broad SMARTS) is 1. The van der Waals surface area contributed by atoms with Crippen molar-refractivity contribution in [3.8, 4) is 0 Å². The average molecular weight is 279 g/mol. The highest BCUT2D eigenvalue weighted by atomic mass is 16.5. The number of ether oxygens (including phenoxy) is 1. The number of benzene rings is 1. The molecule has 1 amide bonds. The molecule has 0 spiro atoms. The maximum Gasteiger partial charge on any atom is 0.326 e. The maximum atomic E-state index is 11.9. The van der Waals surface area contributed by atoms with Crippen molar-refractivity contribution in [2.75, 3.05) is 0 Å². The minimum atomic E-state index is -1.04. The van der Waals surface area contributed by atoms with E-state index in [1.807, 2.05) is 30.3 Å². The molecule has 20 heavy (non-hydrogen) atoms. The highest BCUT2D eigenvalue weighted by molar-refractivity contribution is 5.86. The van der Waals surface area contributed by atoms with Crippen LogP contribution < -0.4 is 5.32 Å². The summed E-state index contributed by atoms with van der Waals surface area (Å²) < 4.78 is 5.45. The third kappa shape index (κ3) is 5.01. The quantitative estimate of drug-likeness (QED) is 0.798. The van der Waals surface area contributed by atoms with Gasteiger partial charge in [-0.15, -0.1) is 0 Å². The molecule has 2 N–H and O–H groups in total. The number of hydrogen-bond acceptors (Lipinski definition) is 3. The first-order valence-electron chi connectivity index (χ1n) is 6.60. The van der Waals surface area contributed by atoms with Crippen molar-refractivity contribution in [2.24, 2.45) is 5.92 Å². The van der Waals surface area contributed by atoms with Crippen molar-refractivity contribution in [1.82, 2.24) is 5.32 Å². The van der Waals surface area contributed by atoms with Crippen molar-refractivity contribution >= 4 is 11.9 Å². The SMILES string of the molecule is CC(OCc1ccccc1)C(=O)NC(C(=O)O)C(C)C. The lowest BCUT2D eigenvalue weighted by atomic mass is 10.0. The van der Waals surface area contributed by atoms with Crippen LogP contribution in [-0.2, 0) is 20.9 Å². The summed E-state index contributed by atoms with van der Waals surface area (Å²) in [5, 5.41) is 11.5. The smallest absolute Gasteiger partial charge is 0.326 e. The van der Waals surface area contributed by atoms with Crippen molar-refractivity contribution < 1.29 is 19.4 Å². The number of nitrogens with one attached hydrogen (secondary N) is 1. The van der Waals surface area contributed by atoms with Crippen LogP contribution in [-0.4, -0.2) is 29.1 Å². The predicted molar refractivity (Wildman–Crippen MR) is 75.1 cm³/mol. The lowest BCUT2D eigenvalue weighted by Gasteiger charge is -2.20. The van der Waals surface area contributed by atoms with Gasteiger partial charge in [0.1, 0.15) is 12.1 Å². The molecule has 0 aliphatic carbocycles. The van der Waals surface area contributed by atoms with Gasteiger partial charge < -0.3 is 15.2 Å². The van der Waals surface area contributed by atoms with Crippen LogP contribution >= 0.6 is 0 Å². The molecule has 0 aromatic heterocycles. The third-order valence-electron chi connectivity index (χ3n) is 2.94. The number of rotatable bonds is 7. The van der Waals surface area contributed by atoms with Crippen LogP contribution in [0.1, 0.15) is 26.3 Å². The van der Waals surface area contributed by atoms with Gasteiger partial charge in [-0.05, 0) is 18.4 Å². The molecule has 1 aromatic rings. The first-order chi connectivity index (χ1) is 9.41. The van der Waals surface area contributed by atoms with E-state index in [-0.39, 0.29) is 5.92 Å². The summed E-state index contributed by atoms with van der Waals surface area (Å²) >= 11 is 0. The van der Waals surface area contributed by atoms with Crippen LogP contribution in [0.4, 0.5) is 0 Å². The number of carbonyl (C=O) groups excluding carboxylic acids is 1. The van der Waals surface area contributed by atoms with E-state index in [1.165, 1.54) is 0 Å². The van der Waals surface area contributed by atoms with Gasteiger partial charge in [-0.2, -0.15) is 0 Å². The van der Waals surface area contributed by atoms with Crippen LogP contribution in [0, 0.1) is 5.92 Å². The van der Waals surface area contributed by atoms with Crippen molar-refractivity contribution in [3.63, 3.8) is 0 Å². The normalized spacial score (nSPS) is 13.8. The van der Waals surface area contributed by atoms with Crippen molar-refractivity contribution in [2.45, 2.75) is 39.5 Å². The Bertz CT molecular complexity index is 444. The number of carboxylic acids is 1. The van der Waals surface area contributed by atoms with E-state index in [4.69, 9.17) is 9.84 Å². The Morgan fingerprint density at radius 1 is 1.20 bits per heavy atom. The second kappa shape index (κ2) is 7.65. The lowest BCUT2D eigenvalue weighted by Crippen LogP contribution is -2.48. The van der Waals surface area contributed by atoms with Gasteiger partial charge in [-0.3, -0.25) is 4.79 Å². The minimum Gasteiger partial charge on any atom is -0.480 e. The molecule has 110 valence electrons. The molecule has 2 unspecified atom stereocenters. The van der Waals surface area contributed by atoms with Crippen molar-refractivity contribution in [1.29, 1.82) is 0 Å². The second-order valence-electron chi connectivity index (χ2n) is 5.01. The lowest BCUT2D eigenvalue weighted by molar-refractivity contribution is -0.145. The van der Waals surface area contributed by atoms with Gasteiger partial charge in [-0.25, -0.2) is 4.79 Å². The molecule has 0 aliphatic heterocycles. The molecule has 1 rings (SSSR count). The van der Waals surface area contributed by atoms with Gasteiger partial charge in [0.2, 0.25) is 5.91 Å². The van der Waals surface area contributed by atoms with Gasteiger partial charge >= 0.3 is 5.97 Å². The molecule has 0 fully saturated rings. The highest BCUT2D eigenvalue weighted by Gasteiger charge is 2.25. The van der Waals surface area contributed by atoms with Crippen LogP contribution in [0.15, 0.2) is 30.3 Å². The van der Waals surface area contributed by atoms with Crippen molar-refractivity contribution in [3.05, 3.63) is 35.9 Å². The number of aliphatic carboxylic acids is 1. The fraction of sp³-hybridized carbons (Fsp3) is 0.467. The fourth-order valence-corrected chi connectivity index (χ4v) is 1.66. The van der Waals surface area contributed by atoms with E-state index >= 15 is 0 Å². The fourth-order valence-electron chi connectivity index (χ4n) is 1.66. The minimum absolute atomic E-state index is 0.183. The zero-order valence-corrected chi connectivity index (χ0v) is 12.0. The molecule has 0 radical (unpaired) electrons. The largest absolute Gasteiger partial charge is 0.480 e. The maximum absolute atomic E-state index is 11.9. The van der Waals surface area contributed by atoms with Gasteiger partial charge in [0, 0.05) is 0 Å². The second-order valence-corrected chi connectivity index (χ2v) is 5.01. The Balaban J connectivity index is 2.48. The molecular formula is C15H21NO4. The standard InChI is InChI=1S/C15H21NO4/c1-10(2)13(15(18)19)16-14(17)11(3)20-9-12-7-5-4-6-8-12/h4-8,10-11,13H,9H2,1-3H3,(H,16,17)(H,18,19). The molecular weight excluding hydrogens is 258 g/mol. The Hall–Kier alpha value is -1.88. The van der Waals surface area contributed by atoms with Crippen LogP contribution in [0.2, 0.25) is 0 Å². The summed E-state index contributed by atoms with van der Waals surface area (Å²) in [4.78, 5) is 22.9. The van der Waals surface area contributed by atoms with E-state index in [0.29, 0.717) is 6.61 Å². The first-order valence-corrected chi connectivity index (χ1v) is 6.60. The Morgan fingerprint density at radius 2 is 1.80 bits per heavy atom.